The van der Waals surface area contributed by atoms with E-state index in [9.17, 15) is 14.9 Å². The number of hydrogen-bond donors (Lipinski definition) is 4. The van der Waals surface area contributed by atoms with Gasteiger partial charge in [-0.2, -0.15) is 5.26 Å². The first-order valence-corrected chi connectivity index (χ1v) is 11.4. The van der Waals surface area contributed by atoms with Crippen molar-refractivity contribution >= 4 is 22.7 Å². The van der Waals surface area contributed by atoms with Gasteiger partial charge in [-0.15, -0.1) is 0 Å². The van der Waals surface area contributed by atoms with E-state index in [1.165, 1.54) is 0 Å². The summed E-state index contributed by atoms with van der Waals surface area (Å²) in [4.78, 5) is 29.4. The minimum atomic E-state index is -0.838. The number of benzene rings is 1. The first-order chi connectivity index (χ1) is 15.5. The van der Waals surface area contributed by atoms with E-state index in [4.69, 9.17) is 4.74 Å². The molecule has 0 bridgehead atoms. The van der Waals surface area contributed by atoms with Crippen molar-refractivity contribution < 1.29 is 14.3 Å². The lowest BCUT2D eigenvalue weighted by atomic mass is 9.96. The fourth-order valence-electron chi connectivity index (χ4n) is 5.37. The van der Waals surface area contributed by atoms with Crippen LogP contribution < -0.4 is 20.7 Å². The van der Waals surface area contributed by atoms with Crippen LogP contribution in [-0.2, 0) is 4.79 Å². The Kier molecular flexibility index (Phi) is 5.30. The number of fused-ring (bicyclic) bond motifs is 2. The topological polar surface area (TPSA) is 119 Å². The zero-order chi connectivity index (χ0) is 22.3. The van der Waals surface area contributed by atoms with E-state index < -0.39 is 11.6 Å². The van der Waals surface area contributed by atoms with Crippen molar-refractivity contribution in [1.82, 2.24) is 20.9 Å². The molecule has 4 N–H and O–H groups in total. The molecule has 5 rings (SSSR count). The van der Waals surface area contributed by atoms with Gasteiger partial charge in [0.2, 0.25) is 5.91 Å². The van der Waals surface area contributed by atoms with Crippen LogP contribution in [0, 0.1) is 29.1 Å². The monoisotopic (exact) mass is 435 g/mol. The summed E-state index contributed by atoms with van der Waals surface area (Å²) in [6.45, 7) is 1.80. The van der Waals surface area contributed by atoms with Gasteiger partial charge in [-0.25, -0.2) is 0 Å². The number of nitrogens with zero attached hydrogens (tertiary/aromatic N) is 1. The second-order valence-electron chi connectivity index (χ2n) is 9.58. The number of ether oxygens (including phenoxy) is 1. The fourth-order valence-corrected chi connectivity index (χ4v) is 5.37. The highest BCUT2D eigenvalue weighted by molar-refractivity contribution is 6.01. The van der Waals surface area contributed by atoms with Crippen molar-refractivity contribution in [2.24, 2.45) is 17.8 Å². The molecule has 1 aromatic carbocycles. The summed E-state index contributed by atoms with van der Waals surface area (Å²) in [5.74, 6) is 1.39. The van der Waals surface area contributed by atoms with E-state index >= 15 is 0 Å². The van der Waals surface area contributed by atoms with Gasteiger partial charge in [0.25, 0.3) is 5.91 Å². The molecule has 1 aromatic heterocycles. The number of aromatic nitrogens is 1. The molecule has 1 aliphatic heterocycles. The Balaban J connectivity index is 1.32. The van der Waals surface area contributed by atoms with Crippen LogP contribution in [-0.4, -0.2) is 48.6 Å². The van der Waals surface area contributed by atoms with Gasteiger partial charge in [-0.3, -0.25) is 9.59 Å². The van der Waals surface area contributed by atoms with Crippen LogP contribution in [0.25, 0.3) is 10.9 Å². The zero-order valence-electron chi connectivity index (χ0n) is 18.2. The number of nitriles is 1. The second kappa shape index (κ2) is 8.14. The van der Waals surface area contributed by atoms with Gasteiger partial charge in [0.1, 0.15) is 23.0 Å². The smallest absolute Gasteiger partial charge is 0.268 e. The lowest BCUT2D eigenvalue weighted by Crippen LogP contribution is -2.54. The maximum atomic E-state index is 13.3. The molecule has 0 unspecified atom stereocenters. The van der Waals surface area contributed by atoms with Gasteiger partial charge in [0.15, 0.2) is 0 Å². The van der Waals surface area contributed by atoms with E-state index in [0.717, 1.165) is 36.8 Å². The molecule has 3 atom stereocenters. The average Bonchev–Trinajstić information content (AvgIpc) is 3.18. The summed E-state index contributed by atoms with van der Waals surface area (Å²) in [6.07, 6.45) is 4.07. The largest absolute Gasteiger partial charge is 0.496 e. The molecule has 32 heavy (non-hydrogen) atoms. The minimum Gasteiger partial charge on any atom is -0.496 e. The molecular weight excluding hydrogens is 406 g/mol. The Bertz CT molecular complexity index is 1070. The van der Waals surface area contributed by atoms with E-state index in [1.54, 1.807) is 13.2 Å². The van der Waals surface area contributed by atoms with Crippen LogP contribution >= 0.6 is 0 Å². The van der Waals surface area contributed by atoms with Crippen LogP contribution in [0.2, 0.25) is 0 Å². The van der Waals surface area contributed by atoms with Crippen LogP contribution in [0.4, 0.5) is 0 Å². The molecule has 3 fully saturated rings. The Hall–Kier alpha value is -3.05. The SMILES string of the molecule is COc1cccc2[nH]c(C(=O)N[C@@H](CC3CC3)C(=O)NC3(C#N)C[C@H]4CNC[C@@H]4C3)cc12. The molecule has 2 aliphatic carbocycles. The highest BCUT2D eigenvalue weighted by Crippen LogP contribution is 2.41. The zero-order valence-corrected chi connectivity index (χ0v) is 18.2. The quantitative estimate of drug-likeness (QED) is 0.531. The first-order valence-electron chi connectivity index (χ1n) is 11.4. The predicted molar refractivity (Wildman–Crippen MR) is 119 cm³/mol. The second-order valence-corrected chi connectivity index (χ2v) is 9.58. The Morgan fingerprint density at radius 1 is 1.28 bits per heavy atom. The third kappa shape index (κ3) is 3.93. The first kappa shape index (κ1) is 20.8. The van der Waals surface area contributed by atoms with E-state index in [0.29, 0.717) is 48.5 Å². The lowest BCUT2D eigenvalue weighted by Gasteiger charge is -2.27. The normalized spacial score (nSPS) is 24.5. The summed E-state index contributed by atoms with van der Waals surface area (Å²) in [7, 11) is 1.59. The number of carbonyl (C=O) groups is 2. The molecular formula is C24H29N5O3. The van der Waals surface area contributed by atoms with Crippen molar-refractivity contribution in [1.29, 1.82) is 5.26 Å². The lowest BCUT2D eigenvalue weighted by molar-refractivity contribution is -0.124. The van der Waals surface area contributed by atoms with Gasteiger partial charge in [-0.05, 0) is 68.3 Å². The number of nitrogens with one attached hydrogen (secondary N) is 4. The van der Waals surface area contributed by atoms with Crippen LogP contribution in [0.15, 0.2) is 24.3 Å². The van der Waals surface area contributed by atoms with Crippen molar-refractivity contribution in [3.8, 4) is 11.8 Å². The standard InChI is InChI=1S/C24H29N5O3/c1-32-21-4-2-3-18-17(21)8-20(27-18)22(30)28-19(7-14-5-6-14)23(31)29-24(13-25)9-15-11-26-12-16(15)10-24/h2-4,8,14-16,19,26-27H,5-7,9-12H2,1H3,(H,28,30)(H,29,31)/t15-,16-,19-/m0/s1. The van der Waals surface area contributed by atoms with Crippen LogP contribution in [0.1, 0.15) is 42.6 Å². The molecule has 8 heteroatoms. The average molecular weight is 436 g/mol. The van der Waals surface area contributed by atoms with Crippen molar-refractivity contribution in [3.05, 3.63) is 30.0 Å². The number of aromatic amines is 1. The highest BCUT2D eigenvalue weighted by atomic mass is 16.5. The molecule has 2 amide bonds. The van der Waals surface area contributed by atoms with E-state index in [1.807, 2.05) is 18.2 Å². The molecule has 2 heterocycles. The Morgan fingerprint density at radius 3 is 2.69 bits per heavy atom. The molecule has 168 valence electrons. The third-order valence-electron chi connectivity index (χ3n) is 7.25. The Morgan fingerprint density at radius 2 is 2.03 bits per heavy atom. The van der Waals surface area contributed by atoms with Gasteiger partial charge in [0.05, 0.1) is 13.2 Å². The number of H-pyrrole nitrogens is 1. The van der Waals surface area contributed by atoms with E-state index in [-0.39, 0.29) is 11.8 Å². The van der Waals surface area contributed by atoms with Crippen LogP contribution in [0.3, 0.4) is 0 Å². The summed E-state index contributed by atoms with van der Waals surface area (Å²) in [5, 5.41) is 20.0. The number of amides is 2. The van der Waals surface area contributed by atoms with Gasteiger partial charge in [0, 0.05) is 10.9 Å². The van der Waals surface area contributed by atoms with Crippen molar-refractivity contribution in [3.63, 3.8) is 0 Å². The number of methoxy groups -OCH3 is 1. The maximum absolute atomic E-state index is 13.3. The van der Waals surface area contributed by atoms with E-state index in [2.05, 4.69) is 27.0 Å². The van der Waals surface area contributed by atoms with Gasteiger partial charge in [-0.1, -0.05) is 18.9 Å². The summed E-state index contributed by atoms with van der Waals surface area (Å²) in [6, 6.07) is 9.05. The van der Waals surface area contributed by atoms with Crippen molar-refractivity contribution in [2.45, 2.75) is 43.7 Å². The van der Waals surface area contributed by atoms with Gasteiger partial charge >= 0.3 is 0 Å². The fraction of sp³-hybridized carbons (Fsp3) is 0.542. The van der Waals surface area contributed by atoms with Crippen molar-refractivity contribution in [2.75, 3.05) is 20.2 Å². The molecule has 1 saturated heterocycles. The van der Waals surface area contributed by atoms with Gasteiger partial charge < -0.3 is 25.7 Å². The molecule has 2 aromatic rings. The molecule has 2 saturated carbocycles. The number of rotatable bonds is 7. The summed E-state index contributed by atoms with van der Waals surface area (Å²) < 4.78 is 5.38. The van der Waals surface area contributed by atoms with Crippen LogP contribution in [0.5, 0.6) is 5.75 Å². The molecule has 0 spiro atoms. The maximum Gasteiger partial charge on any atom is 0.268 e. The predicted octanol–water partition coefficient (Wildman–Crippen LogP) is 2.08. The summed E-state index contributed by atoms with van der Waals surface area (Å²) >= 11 is 0. The molecule has 0 radical (unpaired) electrons. The summed E-state index contributed by atoms with van der Waals surface area (Å²) in [5.41, 5.74) is 0.344. The third-order valence-corrected chi connectivity index (χ3v) is 7.25. The highest BCUT2D eigenvalue weighted by Gasteiger charge is 2.49. The minimum absolute atomic E-state index is 0.256. The molecule has 3 aliphatic rings. The number of hydrogen-bond acceptors (Lipinski definition) is 5. The molecule has 8 nitrogen and oxygen atoms in total. The number of carbonyl (C=O) groups excluding carboxylic acids is 2. The Labute approximate surface area is 187 Å².